The average molecular weight is 260 g/mol. The number of hydrogen-bond acceptors (Lipinski definition) is 6. The lowest BCUT2D eigenvalue weighted by atomic mass is 10.0. The molecule has 0 bridgehead atoms. The van der Waals surface area contributed by atoms with Crippen molar-refractivity contribution < 1.29 is 29.4 Å². The van der Waals surface area contributed by atoms with Crippen LogP contribution in [0.5, 0.6) is 0 Å². The zero-order valence-electron chi connectivity index (χ0n) is 9.58. The van der Waals surface area contributed by atoms with Crippen LogP contribution in [0.1, 0.15) is 13.8 Å². The summed E-state index contributed by atoms with van der Waals surface area (Å²) < 4.78 is 0. The maximum atomic E-state index is 10.9. The number of nitrogens with two attached hydrogens (primary N) is 2. The molecule has 0 aliphatic carbocycles. The van der Waals surface area contributed by atoms with Crippen molar-refractivity contribution >= 4 is 23.8 Å². The maximum absolute atomic E-state index is 10.9. The van der Waals surface area contributed by atoms with Gasteiger partial charge in [-0.25, -0.2) is 9.59 Å². The van der Waals surface area contributed by atoms with Crippen molar-refractivity contribution in [2.45, 2.75) is 24.9 Å². The lowest BCUT2D eigenvalue weighted by Gasteiger charge is -2.18. The zero-order chi connectivity index (χ0) is 14.7. The largest absolute Gasteiger partial charge is 0.479 e. The minimum absolute atomic E-state index is 0.810. The first-order chi connectivity index (χ1) is 7.98. The van der Waals surface area contributed by atoms with Gasteiger partial charge in [-0.05, 0) is 13.8 Å². The van der Waals surface area contributed by atoms with Gasteiger partial charge in [0.2, 0.25) is 0 Å². The van der Waals surface area contributed by atoms with Crippen LogP contribution in [0.4, 0.5) is 0 Å². The molecule has 0 aromatic rings. The van der Waals surface area contributed by atoms with Crippen LogP contribution >= 0.6 is 0 Å². The Balaban J connectivity index is 5.60. The molecule has 2 atom stereocenters. The topological polar surface area (TPSA) is 185 Å². The third kappa shape index (κ3) is 2.59. The van der Waals surface area contributed by atoms with E-state index in [1.807, 2.05) is 0 Å². The van der Waals surface area contributed by atoms with Gasteiger partial charge < -0.3 is 21.7 Å². The SMILES string of the molecule is CC(N=NC(C)(C(N)=O)C(=O)O)(C(N)=O)C(=O)O. The van der Waals surface area contributed by atoms with Crippen LogP contribution in [-0.4, -0.2) is 45.0 Å². The lowest BCUT2D eigenvalue weighted by Crippen LogP contribution is -2.49. The van der Waals surface area contributed by atoms with Gasteiger partial charge in [0.1, 0.15) is 0 Å². The molecule has 0 rings (SSSR count). The fourth-order valence-corrected chi connectivity index (χ4v) is 0.595. The van der Waals surface area contributed by atoms with Gasteiger partial charge in [-0.15, -0.1) is 0 Å². The molecular formula is C8H12N4O6. The fourth-order valence-electron chi connectivity index (χ4n) is 0.595. The van der Waals surface area contributed by atoms with Crippen LogP contribution in [-0.2, 0) is 19.2 Å². The predicted molar refractivity (Wildman–Crippen MR) is 55.3 cm³/mol. The van der Waals surface area contributed by atoms with Crippen molar-refractivity contribution in [3.63, 3.8) is 0 Å². The summed E-state index contributed by atoms with van der Waals surface area (Å²) in [6, 6.07) is 0. The first-order valence-electron chi connectivity index (χ1n) is 4.49. The number of carbonyl (C=O) groups excluding carboxylic acids is 2. The van der Waals surface area contributed by atoms with Crippen molar-refractivity contribution in [3.8, 4) is 0 Å². The Kier molecular flexibility index (Phi) is 4.10. The van der Waals surface area contributed by atoms with E-state index in [9.17, 15) is 19.2 Å². The smallest absolute Gasteiger partial charge is 0.343 e. The Morgan fingerprint density at radius 1 is 0.833 bits per heavy atom. The van der Waals surface area contributed by atoms with Crippen molar-refractivity contribution in [2.75, 3.05) is 0 Å². The highest BCUT2D eigenvalue weighted by Crippen LogP contribution is 2.17. The maximum Gasteiger partial charge on any atom is 0.343 e. The molecule has 0 aliphatic heterocycles. The van der Waals surface area contributed by atoms with Crippen molar-refractivity contribution in [2.24, 2.45) is 21.7 Å². The van der Waals surface area contributed by atoms with Gasteiger partial charge in [0.15, 0.2) is 0 Å². The molecule has 10 nitrogen and oxygen atoms in total. The quantitative estimate of drug-likeness (QED) is 0.318. The number of amides is 2. The van der Waals surface area contributed by atoms with Crippen molar-refractivity contribution in [1.29, 1.82) is 0 Å². The molecule has 0 saturated carbocycles. The number of hydrogen-bond donors (Lipinski definition) is 4. The van der Waals surface area contributed by atoms with Crippen molar-refractivity contribution in [1.82, 2.24) is 0 Å². The molecule has 0 fully saturated rings. The van der Waals surface area contributed by atoms with E-state index in [0.717, 1.165) is 13.8 Å². The second-order valence-corrected chi connectivity index (χ2v) is 3.68. The van der Waals surface area contributed by atoms with Crippen LogP contribution in [0.15, 0.2) is 10.2 Å². The number of carbonyl (C=O) groups is 4. The summed E-state index contributed by atoms with van der Waals surface area (Å²) in [6.45, 7) is 1.62. The molecular weight excluding hydrogens is 248 g/mol. The Bertz CT molecular complexity index is 375. The molecule has 2 amide bonds. The van der Waals surface area contributed by atoms with E-state index < -0.39 is 34.8 Å². The number of rotatable bonds is 6. The van der Waals surface area contributed by atoms with Crippen LogP contribution in [0.25, 0.3) is 0 Å². The molecule has 6 N–H and O–H groups in total. The van der Waals surface area contributed by atoms with Gasteiger partial charge in [-0.2, -0.15) is 10.2 Å². The summed E-state index contributed by atoms with van der Waals surface area (Å²) in [7, 11) is 0. The average Bonchev–Trinajstić information content (AvgIpc) is 2.23. The van der Waals surface area contributed by atoms with E-state index >= 15 is 0 Å². The van der Waals surface area contributed by atoms with E-state index in [0.29, 0.717) is 0 Å². The van der Waals surface area contributed by atoms with E-state index in [2.05, 4.69) is 10.2 Å². The number of aliphatic carboxylic acids is 2. The highest BCUT2D eigenvalue weighted by atomic mass is 16.4. The first kappa shape index (κ1) is 15.5. The molecule has 0 heterocycles. The molecule has 0 aromatic carbocycles. The molecule has 0 aromatic heterocycles. The normalized spacial score (nSPS) is 17.7. The minimum Gasteiger partial charge on any atom is -0.479 e. The summed E-state index contributed by atoms with van der Waals surface area (Å²) in [5.41, 5.74) is 4.67. The van der Waals surface area contributed by atoms with E-state index in [1.165, 1.54) is 0 Å². The summed E-state index contributed by atoms with van der Waals surface area (Å²) in [6.07, 6.45) is 0. The summed E-state index contributed by atoms with van der Waals surface area (Å²) in [5, 5.41) is 23.6. The highest BCUT2D eigenvalue weighted by molar-refractivity contribution is 6.07. The number of primary amides is 2. The molecule has 10 heteroatoms. The Morgan fingerprint density at radius 3 is 1.17 bits per heavy atom. The lowest BCUT2D eigenvalue weighted by molar-refractivity contribution is -0.150. The van der Waals surface area contributed by atoms with Gasteiger partial charge >= 0.3 is 11.9 Å². The fraction of sp³-hybridized carbons (Fsp3) is 0.500. The Labute approximate surface area is 101 Å². The molecule has 0 saturated heterocycles. The summed E-state index contributed by atoms with van der Waals surface area (Å²) in [5.74, 6) is -6.21. The second kappa shape index (κ2) is 4.77. The van der Waals surface area contributed by atoms with Gasteiger partial charge in [0, 0.05) is 0 Å². The predicted octanol–water partition coefficient (Wildman–Crippen LogP) is -1.90. The minimum atomic E-state index is -2.48. The first-order valence-corrected chi connectivity index (χ1v) is 4.49. The standard InChI is InChI=1S/C8H12N4O6/c1-7(3(9)13,5(15)16)11-12-8(2,4(10)14)6(17)18/h1-2H3,(H2,9,13)(H2,10,14)(H,15,16)(H,17,18). The van der Waals surface area contributed by atoms with E-state index in [1.54, 1.807) is 0 Å². The van der Waals surface area contributed by atoms with E-state index in [-0.39, 0.29) is 0 Å². The van der Waals surface area contributed by atoms with Gasteiger partial charge in [0.05, 0.1) is 0 Å². The summed E-state index contributed by atoms with van der Waals surface area (Å²) in [4.78, 5) is 43.5. The molecule has 2 unspecified atom stereocenters. The van der Waals surface area contributed by atoms with Gasteiger partial charge in [-0.3, -0.25) is 9.59 Å². The third-order valence-electron chi connectivity index (χ3n) is 2.24. The molecule has 18 heavy (non-hydrogen) atoms. The second-order valence-electron chi connectivity index (χ2n) is 3.68. The molecule has 0 spiro atoms. The molecule has 0 radical (unpaired) electrons. The molecule has 100 valence electrons. The number of carboxylic acids is 2. The zero-order valence-corrected chi connectivity index (χ0v) is 9.58. The van der Waals surface area contributed by atoms with E-state index in [4.69, 9.17) is 21.7 Å². The Hall–Kier alpha value is -2.52. The van der Waals surface area contributed by atoms with Crippen LogP contribution < -0.4 is 11.5 Å². The number of carboxylic acid groups (broad SMARTS) is 2. The highest BCUT2D eigenvalue weighted by Gasteiger charge is 2.45. The number of azo groups is 1. The van der Waals surface area contributed by atoms with Gasteiger partial charge in [-0.1, -0.05) is 0 Å². The van der Waals surface area contributed by atoms with Gasteiger partial charge in [0.25, 0.3) is 22.9 Å². The monoisotopic (exact) mass is 260 g/mol. The van der Waals surface area contributed by atoms with Crippen molar-refractivity contribution in [3.05, 3.63) is 0 Å². The van der Waals surface area contributed by atoms with Crippen LogP contribution in [0.2, 0.25) is 0 Å². The Morgan fingerprint density at radius 2 is 1.06 bits per heavy atom. The summed E-state index contributed by atoms with van der Waals surface area (Å²) >= 11 is 0. The van der Waals surface area contributed by atoms with Crippen LogP contribution in [0, 0.1) is 0 Å². The number of nitrogens with zero attached hydrogens (tertiary/aromatic N) is 2. The van der Waals surface area contributed by atoms with Crippen LogP contribution in [0.3, 0.4) is 0 Å². The third-order valence-corrected chi connectivity index (χ3v) is 2.24. The molecule has 0 aliphatic rings.